The van der Waals surface area contributed by atoms with Gasteiger partial charge in [0.05, 0.1) is 16.1 Å². The summed E-state index contributed by atoms with van der Waals surface area (Å²) in [4.78, 5) is 30.8. The first-order valence-electron chi connectivity index (χ1n) is 10.00. The fraction of sp³-hybridized carbons (Fsp3) is 0.238. The van der Waals surface area contributed by atoms with Crippen molar-refractivity contribution in [3.05, 3.63) is 57.0 Å². The Kier molecular flexibility index (Phi) is 5.20. The Hall–Kier alpha value is -3.25. The number of carbonyl (C=O) groups is 2. The quantitative estimate of drug-likeness (QED) is 0.429. The molecule has 0 unspecified atom stereocenters. The monoisotopic (exact) mass is 491 g/mol. The number of nitrogens with zero attached hydrogens (tertiary/aromatic N) is 3. The molecule has 33 heavy (non-hydrogen) atoms. The molecule has 5 rings (SSSR count). The predicted molar refractivity (Wildman–Crippen MR) is 119 cm³/mol. The van der Waals surface area contributed by atoms with Crippen molar-refractivity contribution in [1.29, 1.82) is 0 Å². The minimum Gasteiger partial charge on any atom is -0.365 e. The van der Waals surface area contributed by atoms with E-state index in [1.54, 1.807) is 17.5 Å². The van der Waals surface area contributed by atoms with E-state index in [2.05, 4.69) is 15.4 Å². The van der Waals surface area contributed by atoms with Gasteiger partial charge in [-0.3, -0.25) is 9.59 Å². The van der Waals surface area contributed by atoms with E-state index in [1.807, 2.05) is 0 Å². The van der Waals surface area contributed by atoms with Crippen LogP contribution in [-0.4, -0.2) is 26.4 Å². The second-order valence-electron chi connectivity index (χ2n) is 7.53. The number of aromatic nitrogens is 3. The molecular formula is C21H16F3N5O2S2. The number of fused-ring (bicyclic) bond motifs is 2. The number of hydrogen-bond acceptors (Lipinski definition) is 6. The van der Waals surface area contributed by atoms with E-state index in [4.69, 9.17) is 5.73 Å². The second-order valence-corrected chi connectivity index (χ2v) is 9.59. The normalized spacial score (nSPS) is 13.8. The van der Waals surface area contributed by atoms with Gasteiger partial charge in [-0.1, -0.05) is 6.07 Å². The maximum atomic E-state index is 13.7. The van der Waals surface area contributed by atoms with Crippen LogP contribution in [0.15, 0.2) is 29.6 Å². The lowest BCUT2D eigenvalue weighted by molar-refractivity contribution is -0.142. The van der Waals surface area contributed by atoms with E-state index in [0.717, 1.165) is 35.8 Å². The molecule has 0 aromatic carbocycles. The number of amides is 2. The maximum Gasteiger partial charge on any atom is 0.433 e. The van der Waals surface area contributed by atoms with Gasteiger partial charge in [-0.25, -0.2) is 9.50 Å². The van der Waals surface area contributed by atoms with E-state index in [1.165, 1.54) is 28.7 Å². The zero-order valence-corrected chi connectivity index (χ0v) is 18.5. The number of carbonyl (C=O) groups excluding carboxylic acids is 2. The van der Waals surface area contributed by atoms with E-state index in [0.29, 0.717) is 20.8 Å². The topological polar surface area (TPSA) is 102 Å². The van der Waals surface area contributed by atoms with Crippen molar-refractivity contribution in [1.82, 2.24) is 14.6 Å². The molecule has 4 aromatic rings. The number of halogens is 3. The summed E-state index contributed by atoms with van der Waals surface area (Å²) in [6, 6.07) is 5.48. The first-order valence-corrected chi connectivity index (χ1v) is 11.7. The van der Waals surface area contributed by atoms with Crippen molar-refractivity contribution in [3.8, 4) is 10.6 Å². The lowest BCUT2D eigenvalue weighted by Crippen LogP contribution is -2.19. The zero-order chi connectivity index (χ0) is 23.3. The molecule has 170 valence electrons. The number of primary amides is 1. The summed E-state index contributed by atoms with van der Waals surface area (Å²) < 4.78 is 41.8. The molecule has 0 aliphatic heterocycles. The Morgan fingerprint density at radius 3 is 2.67 bits per heavy atom. The van der Waals surface area contributed by atoms with Crippen LogP contribution in [0.1, 0.15) is 49.8 Å². The van der Waals surface area contributed by atoms with Gasteiger partial charge >= 0.3 is 6.18 Å². The highest BCUT2D eigenvalue weighted by atomic mass is 32.1. The molecule has 4 aromatic heterocycles. The number of alkyl halides is 3. The highest BCUT2D eigenvalue weighted by Crippen LogP contribution is 2.38. The van der Waals surface area contributed by atoms with Crippen LogP contribution in [0, 0.1) is 0 Å². The van der Waals surface area contributed by atoms with Crippen LogP contribution in [0.3, 0.4) is 0 Å². The molecule has 4 heterocycles. The number of aryl methyl sites for hydroxylation is 1. The minimum atomic E-state index is -4.71. The lowest BCUT2D eigenvalue weighted by atomic mass is 9.95. The van der Waals surface area contributed by atoms with Crippen LogP contribution < -0.4 is 11.1 Å². The van der Waals surface area contributed by atoms with Crippen LogP contribution in [0.5, 0.6) is 0 Å². The minimum absolute atomic E-state index is 0.112. The highest BCUT2D eigenvalue weighted by Gasteiger charge is 2.36. The average molecular weight is 492 g/mol. The molecule has 3 N–H and O–H groups in total. The van der Waals surface area contributed by atoms with Gasteiger partial charge in [-0.2, -0.15) is 18.3 Å². The van der Waals surface area contributed by atoms with Crippen molar-refractivity contribution in [3.63, 3.8) is 0 Å². The molecule has 1 aliphatic rings. The molecule has 0 bridgehead atoms. The Labute approximate surface area is 193 Å². The molecule has 0 saturated carbocycles. The number of hydrogen-bond donors (Lipinski definition) is 2. The van der Waals surface area contributed by atoms with Gasteiger partial charge in [0, 0.05) is 10.9 Å². The summed E-state index contributed by atoms with van der Waals surface area (Å²) in [7, 11) is 0. The zero-order valence-electron chi connectivity index (χ0n) is 16.9. The van der Waals surface area contributed by atoms with E-state index < -0.39 is 23.7 Å². The van der Waals surface area contributed by atoms with Gasteiger partial charge in [0.15, 0.2) is 17.0 Å². The van der Waals surface area contributed by atoms with Crippen molar-refractivity contribution >= 4 is 45.1 Å². The molecule has 0 radical (unpaired) electrons. The van der Waals surface area contributed by atoms with E-state index in [-0.39, 0.29) is 22.6 Å². The fourth-order valence-electron chi connectivity index (χ4n) is 3.92. The molecule has 1 aliphatic carbocycles. The second kappa shape index (κ2) is 7.96. The number of nitrogens with two attached hydrogens (primary N) is 1. The Morgan fingerprint density at radius 2 is 1.97 bits per heavy atom. The maximum absolute atomic E-state index is 13.7. The molecule has 0 fully saturated rings. The third kappa shape index (κ3) is 3.89. The summed E-state index contributed by atoms with van der Waals surface area (Å²) in [6.07, 6.45) is -1.33. The Morgan fingerprint density at radius 1 is 1.18 bits per heavy atom. The molecule has 7 nitrogen and oxygen atoms in total. The van der Waals surface area contributed by atoms with Gasteiger partial charge in [0.1, 0.15) is 5.00 Å². The predicted octanol–water partition coefficient (Wildman–Crippen LogP) is 4.77. The largest absolute Gasteiger partial charge is 0.433 e. The molecular weight excluding hydrogens is 475 g/mol. The highest BCUT2D eigenvalue weighted by molar-refractivity contribution is 7.17. The van der Waals surface area contributed by atoms with Crippen LogP contribution in [0.25, 0.3) is 16.2 Å². The van der Waals surface area contributed by atoms with Crippen LogP contribution in [-0.2, 0) is 19.0 Å². The van der Waals surface area contributed by atoms with E-state index in [9.17, 15) is 22.8 Å². The van der Waals surface area contributed by atoms with Crippen molar-refractivity contribution < 1.29 is 22.8 Å². The SMILES string of the molecule is NC(=O)c1c(NC(=O)c2cc3nc(-c4cccs4)cc(C(F)(F)F)n3n2)sc2c1CCCC2. The number of rotatable bonds is 4. The lowest BCUT2D eigenvalue weighted by Gasteiger charge is -2.11. The summed E-state index contributed by atoms with van der Waals surface area (Å²) in [5.41, 5.74) is 5.39. The summed E-state index contributed by atoms with van der Waals surface area (Å²) in [5.74, 6) is -1.39. The van der Waals surface area contributed by atoms with Crippen molar-refractivity contribution in [2.24, 2.45) is 5.73 Å². The van der Waals surface area contributed by atoms with Gasteiger partial charge < -0.3 is 11.1 Å². The van der Waals surface area contributed by atoms with Gasteiger partial charge in [0.2, 0.25) is 0 Å². The molecule has 0 saturated heterocycles. The molecule has 12 heteroatoms. The Balaban J connectivity index is 1.55. The standard InChI is InChI=1S/C21H16F3N5O2S2/c22-21(23,24)15-8-11(14-6-3-7-32-14)26-16-9-12(28-29(15)16)19(31)27-20-17(18(25)30)10-4-1-2-5-13(10)33-20/h3,6-9H,1-2,4-5H2,(H2,25,30)(H,27,31). The van der Waals surface area contributed by atoms with Crippen molar-refractivity contribution in [2.45, 2.75) is 31.9 Å². The summed E-state index contributed by atoms with van der Waals surface area (Å²) in [5, 5.41) is 8.52. The number of nitrogens with one attached hydrogen (secondary N) is 1. The smallest absolute Gasteiger partial charge is 0.365 e. The molecule has 0 spiro atoms. The first-order chi connectivity index (χ1) is 15.7. The van der Waals surface area contributed by atoms with Crippen LogP contribution in [0.4, 0.5) is 18.2 Å². The van der Waals surface area contributed by atoms with Gasteiger partial charge in [-0.15, -0.1) is 22.7 Å². The average Bonchev–Trinajstić information content (AvgIpc) is 3.49. The Bertz CT molecular complexity index is 1390. The van der Waals surface area contributed by atoms with Crippen LogP contribution >= 0.6 is 22.7 Å². The van der Waals surface area contributed by atoms with Crippen molar-refractivity contribution in [2.75, 3.05) is 5.32 Å². The van der Waals surface area contributed by atoms with E-state index >= 15 is 0 Å². The summed E-state index contributed by atoms with van der Waals surface area (Å²) >= 11 is 2.52. The van der Waals surface area contributed by atoms with Gasteiger partial charge in [0.25, 0.3) is 11.8 Å². The third-order valence-electron chi connectivity index (χ3n) is 5.37. The molecule has 0 atom stereocenters. The third-order valence-corrected chi connectivity index (χ3v) is 7.47. The summed E-state index contributed by atoms with van der Waals surface area (Å²) in [6.45, 7) is 0. The first kappa shape index (κ1) is 21.6. The van der Waals surface area contributed by atoms with Crippen LogP contribution in [0.2, 0.25) is 0 Å². The number of anilines is 1. The fourth-order valence-corrected chi connectivity index (χ4v) is 5.90. The number of thiophene rings is 2. The molecule has 2 amide bonds. The van der Waals surface area contributed by atoms with Gasteiger partial charge in [-0.05, 0) is 48.8 Å².